The summed E-state index contributed by atoms with van der Waals surface area (Å²) in [7, 11) is -1.53. The zero-order chi connectivity index (χ0) is 18.4. The maximum Gasteiger partial charge on any atom is 0.242 e. The number of benzene rings is 1. The van der Waals surface area contributed by atoms with Crippen LogP contribution in [0.5, 0.6) is 5.75 Å². The first-order chi connectivity index (χ1) is 11.8. The van der Waals surface area contributed by atoms with Crippen LogP contribution in [0.4, 0.5) is 5.69 Å². The Balaban J connectivity index is 1.93. The first kappa shape index (κ1) is 19.0. The van der Waals surface area contributed by atoms with Crippen molar-refractivity contribution in [3.63, 3.8) is 0 Å². The monoisotopic (exact) mass is 365 g/mol. The highest BCUT2D eigenvalue weighted by molar-refractivity contribution is 7.92. The van der Waals surface area contributed by atoms with E-state index in [9.17, 15) is 13.2 Å². The van der Waals surface area contributed by atoms with Gasteiger partial charge in [-0.05, 0) is 37.6 Å². The second-order valence-corrected chi connectivity index (χ2v) is 8.21. The SMILES string of the molecule is CCCS(=O)(=O)C(C)C(=O)Nc1ccc(OCc2nccn2C)cc1. The number of rotatable bonds is 8. The lowest BCUT2D eigenvalue weighted by Crippen LogP contribution is -2.34. The van der Waals surface area contributed by atoms with Crippen molar-refractivity contribution in [2.24, 2.45) is 7.05 Å². The van der Waals surface area contributed by atoms with Crippen molar-refractivity contribution in [2.45, 2.75) is 32.1 Å². The average Bonchev–Trinajstić information content (AvgIpc) is 2.98. The number of ether oxygens (including phenoxy) is 1. The van der Waals surface area contributed by atoms with Crippen LogP contribution in [0, 0.1) is 0 Å². The van der Waals surface area contributed by atoms with Crippen molar-refractivity contribution in [3.8, 4) is 5.75 Å². The highest BCUT2D eigenvalue weighted by Gasteiger charge is 2.27. The summed E-state index contributed by atoms with van der Waals surface area (Å²) in [6, 6.07) is 6.77. The quantitative estimate of drug-likeness (QED) is 0.774. The van der Waals surface area contributed by atoms with Gasteiger partial charge in [0.15, 0.2) is 9.84 Å². The number of hydrogen-bond acceptors (Lipinski definition) is 5. The van der Waals surface area contributed by atoms with Gasteiger partial charge in [-0.2, -0.15) is 0 Å². The molecular weight excluding hydrogens is 342 g/mol. The van der Waals surface area contributed by atoms with Gasteiger partial charge in [0.25, 0.3) is 0 Å². The number of carbonyl (C=O) groups excluding carboxylic acids is 1. The first-order valence-corrected chi connectivity index (χ1v) is 9.76. The normalized spacial score (nSPS) is 12.6. The van der Waals surface area contributed by atoms with Crippen molar-refractivity contribution in [3.05, 3.63) is 42.5 Å². The Bertz CT molecular complexity index is 813. The van der Waals surface area contributed by atoms with E-state index in [1.54, 1.807) is 37.4 Å². The Morgan fingerprint density at radius 2 is 2.00 bits per heavy atom. The Hall–Kier alpha value is -2.35. The van der Waals surface area contributed by atoms with Gasteiger partial charge in [-0.15, -0.1) is 0 Å². The number of nitrogens with zero attached hydrogens (tertiary/aromatic N) is 2. The van der Waals surface area contributed by atoms with Gasteiger partial charge in [0.1, 0.15) is 23.4 Å². The van der Waals surface area contributed by atoms with E-state index in [1.807, 2.05) is 17.8 Å². The highest BCUT2D eigenvalue weighted by atomic mass is 32.2. The molecule has 0 bridgehead atoms. The third kappa shape index (κ3) is 5.06. The average molecular weight is 365 g/mol. The van der Waals surface area contributed by atoms with E-state index >= 15 is 0 Å². The molecule has 0 aliphatic heterocycles. The lowest BCUT2D eigenvalue weighted by molar-refractivity contribution is -0.115. The number of nitrogens with one attached hydrogen (secondary N) is 1. The summed E-state index contributed by atoms with van der Waals surface area (Å²) in [5.41, 5.74) is 0.521. The molecule has 1 unspecified atom stereocenters. The van der Waals surface area contributed by atoms with Gasteiger partial charge in [-0.3, -0.25) is 4.79 Å². The van der Waals surface area contributed by atoms with Gasteiger partial charge in [0, 0.05) is 25.1 Å². The van der Waals surface area contributed by atoms with E-state index < -0.39 is 21.0 Å². The summed E-state index contributed by atoms with van der Waals surface area (Å²) in [4.78, 5) is 16.3. The van der Waals surface area contributed by atoms with Crippen LogP contribution in [-0.2, 0) is 28.3 Å². The molecule has 0 aliphatic carbocycles. The second-order valence-electron chi connectivity index (χ2n) is 5.77. The predicted octanol–water partition coefficient (Wildman–Crippen LogP) is 2.15. The molecule has 1 heterocycles. The largest absolute Gasteiger partial charge is 0.486 e. The van der Waals surface area contributed by atoms with Crippen molar-refractivity contribution in [1.82, 2.24) is 9.55 Å². The standard InChI is InChI=1S/C17H23N3O4S/c1-4-11-25(22,23)13(2)17(21)19-14-5-7-15(8-6-14)24-12-16-18-9-10-20(16)3/h5-10,13H,4,11-12H2,1-3H3,(H,19,21). The van der Waals surface area contributed by atoms with E-state index in [-0.39, 0.29) is 5.75 Å². The lowest BCUT2D eigenvalue weighted by atomic mass is 10.3. The Morgan fingerprint density at radius 1 is 1.32 bits per heavy atom. The van der Waals surface area contributed by atoms with Crippen molar-refractivity contribution in [2.75, 3.05) is 11.1 Å². The fourth-order valence-electron chi connectivity index (χ4n) is 2.19. The van der Waals surface area contributed by atoms with Gasteiger partial charge in [-0.25, -0.2) is 13.4 Å². The van der Waals surface area contributed by atoms with Crippen LogP contribution in [0.25, 0.3) is 0 Å². The maximum atomic E-state index is 12.1. The molecule has 2 rings (SSSR count). The smallest absolute Gasteiger partial charge is 0.242 e. The van der Waals surface area contributed by atoms with Gasteiger partial charge in [-0.1, -0.05) is 6.92 Å². The molecule has 7 nitrogen and oxygen atoms in total. The molecule has 0 fully saturated rings. The number of aromatic nitrogens is 2. The Morgan fingerprint density at radius 3 is 2.56 bits per heavy atom. The molecule has 0 saturated carbocycles. The number of aryl methyl sites for hydroxylation is 1. The molecule has 0 saturated heterocycles. The molecular formula is C17H23N3O4S. The molecule has 1 aromatic carbocycles. The topological polar surface area (TPSA) is 90.3 Å². The summed E-state index contributed by atoms with van der Waals surface area (Å²) in [6.07, 6.45) is 4.03. The molecule has 25 heavy (non-hydrogen) atoms. The van der Waals surface area contributed by atoms with Crippen molar-refractivity contribution >= 4 is 21.4 Å². The van der Waals surface area contributed by atoms with Crippen molar-refractivity contribution in [1.29, 1.82) is 0 Å². The lowest BCUT2D eigenvalue weighted by Gasteiger charge is -2.13. The Kier molecular flexibility index (Phi) is 6.19. The second kappa shape index (κ2) is 8.15. The minimum atomic E-state index is -3.42. The summed E-state index contributed by atoms with van der Waals surface area (Å²) >= 11 is 0. The molecule has 1 N–H and O–H groups in total. The molecule has 1 amide bonds. The van der Waals surface area contributed by atoms with E-state index in [1.165, 1.54) is 6.92 Å². The molecule has 1 aromatic heterocycles. The van der Waals surface area contributed by atoms with Crippen LogP contribution in [0.3, 0.4) is 0 Å². The van der Waals surface area contributed by atoms with Gasteiger partial charge >= 0.3 is 0 Å². The van der Waals surface area contributed by atoms with Crippen LogP contribution in [-0.4, -0.2) is 34.9 Å². The van der Waals surface area contributed by atoms with Crippen molar-refractivity contribution < 1.29 is 17.9 Å². The third-order valence-corrected chi connectivity index (χ3v) is 6.08. The summed E-state index contributed by atoms with van der Waals surface area (Å²) < 4.78 is 31.4. The first-order valence-electron chi connectivity index (χ1n) is 8.05. The fraction of sp³-hybridized carbons (Fsp3) is 0.412. The number of amides is 1. The molecule has 0 radical (unpaired) electrons. The van der Waals surface area contributed by atoms with Crippen LogP contribution in [0.1, 0.15) is 26.1 Å². The summed E-state index contributed by atoms with van der Waals surface area (Å²) in [5, 5.41) is 1.55. The fourth-order valence-corrected chi connectivity index (χ4v) is 3.49. The molecule has 136 valence electrons. The minimum Gasteiger partial charge on any atom is -0.486 e. The van der Waals surface area contributed by atoms with E-state index in [0.29, 0.717) is 24.5 Å². The van der Waals surface area contributed by atoms with Crippen LogP contribution in [0.2, 0.25) is 0 Å². The number of sulfone groups is 1. The zero-order valence-electron chi connectivity index (χ0n) is 14.6. The molecule has 1 atom stereocenters. The molecule has 0 aliphatic rings. The zero-order valence-corrected chi connectivity index (χ0v) is 15.4. The summed E-state index contributed by atoms with van der Waals surface area (Å²) in [6.45, 7) is 3.51. The predicted molar refractivity (Wildman–Crippen MR) is 96.2 cm³/mol. The van der Waals surface area contributed by atoms with E-state index in [2.05, 4.69) is 10.3 Å². The third-order valence-electron chi connectivity index (χ3n) is 3.81. The van der Waals surface area contributed by atoms with Crippen LogP contribution < -0.4 is 10.1 Å². The van der Waals surface area contributed by atoms with Gasteiger partial charge in [0.05, 0.1) is 5.75 Å². The highest BCUT2D eigenvalue weighted by Crippen LogP contribution is 2.17. The summed E-state index contributed by atoms with van der Waals surface area (Å²) in [5.74, 6) is 0.900. The van der Waals surface area contributed by atoms with E-state index in [0.717, 1.165) is 5.82 Å². The number of carbonyl (C=O) groups is 1. The molecule has 8 heteroatoms. The maximum absolute atomic E-state index is 12.1. The van der Waals surface area contributed by atoms with Crippen LogP contribution >= 0.6 is 0 Å². The number of imidazole rings is 1. The van der Waals surface area contributed by atoms with E-state index in [4.69, 9.17) is 4.74 Å². The Labute approximate surface area is 147 Å². The molecule has 0 spiro atoms. The van der Waals surface area contributed by atoms with Gasteiger partial charge < -0.3 is 14.6 Å². The molecule has 2 aromatic rings. The number of anilines is 1. The van der Waals surface area contributed by atoms with Gasteiger partial charge in [0.2, 0.25) is 5.91 Å². The number of hydrogen-bond donors (Lipinski definition) is 1. The minimum absolute atomic E-state index is 0.00154. The van der Waals surface area contributed by atoms with Crippen LogP contribution in [0.15, 0.2) is 36.7 Å².